The number of ether oxygens (including phenoxy) is 3. The van der Waals surface area contributed by atoms with Crippen LogP contribution in [0.2, 0.25) is 0 Å². The highest BCUT2D eigenvalue weighted by molar-refractivity contribution is 5.93. The van der Waals surface area contributed by atoms with Gasteiger partial charge in [-0.15, -0.1) is 0 Å². The van der Waals surface area contributed by atoms with E-state index in [0.29, 0.717) is 17.0 Å². The summed E-state index contributed by atoms with van der Waals surface area (Å²) in [7, 11) is 1.31. The summed E-state index contributed by atoms with van der Waals surface area (Å²) in [6, 6.07) is 18.8. The number of esters is 1. The summed E-state index contributed by atoms with van der Waals surface area (Å²) in [6.07, 6.45) is -0.608. The number of carbonyl (C=O) groups excluding carboxylic acids is 2. The Balaban J connectivity index is 1.83. The lowest BCUT2D eigenvalue weighted by Crippen LogP contribution is -2.27. The Morgan fingerprint density at radius 1 is 0.933 bits per heavy atom. The molecular formula is C24H25NO5. The fourth-order valence-corrected chi connectivity index (χ4v) is 2.89. The second-order valence-corrected chi connectivity index (χ2v) is 7.80. The van der Waals surface area contributed by atoms with Crippen LogP contribution in [0, 0.1) is 0 Å². The van der Waals surface area contributed by atoms with Crippen LogP contribution < -0.4 is 10.1 Å². The van der Waals surface area contributed by atoms with E-state index in [4.69, 9.17) is 14.2 Å². The van der Waals surface area contributed by atoms with Crippen LogP contribution in [0.25, 0.3) is 10.8 Å². The van der Waals surface area contributed by atoms with Crippen molar-refractivity contribution in [1.29, 1.82) is 0 Å². The van der Waals surface area contributed by atoms with Gasteiger partial charge in [-0.1, -0.05) is 36.4 Å². The van der Waals surface area contributed by atoms with Crippen LogP contribution in [0.5, 0.6) is 5.75 Å². The van der Waals surface area contributed by atoms with Crippen LogP contribution in [-0.4, -0.2) is 24.8 Å². The highest BCUT2D eigenvalue weighted by Crippen LogP contribution is 2.28. The van der Waals surface area contributed by atoms with E-state index in [2.05, 4.69) is 5.32 Å². The third-order valence-electron chi connectivity index (χ3n) is 4.25. The number of fused-ring (bicyclic) bond motifs is 1. The predicted molar refractivity (Wildman–Crippen MR) is 116 cm³/mol. The summed E-state index contributed by atoms with van der Waals surface area (Å²) in [4.78, 5) is 24.1. The number of nitrogens with one attached hydrogen (secondary N) is 1. The van der Waals surface area contributed by atoms with Gasteiger partial charge in [-0.3, -0.25) is 5.32 Å². The maximum atomic E-state index is 12.2. The largest absolute Gasteiger partial charge is 0.487 e. The molecule has 1 N–H and O–H groups in total. The molecule has 6 nitrogen and oxygen atoms in total. The average Bonchev–Trinajstić information content (AvgIpc) is 2.70. The molecule has 6 heteroatoms. The van der Waals surface area contributed by atoms with Crippen LogP contribution in [-0.2, 0) is 16.1 Å². The summed E-state index contributed by atoms with van der Waals surface area (Å²) in [5.74, 6) is -0.147. The summed E-state index contributed by atoms with van der Waals surface area (Å²) in [5.41, 5.74) is 1.04. The molecular weight excluding hydrogens is 382 g/mol. The van der Waals surface area contributed by atoms with E-state index < -0.39 is 17.7 Å². The molecule has 156 valence electrons. The molecule has 1 amide bonds. The second kappa shape index (κ2) is 8.86. The fraction of sp³-hybridized carbons (Fsp3) is 0.250. The first kappa shape index (κ1) is 21.2. The molecule has 0 atom stereocenters. The zero-order valence-electron chi connectivity index (χ0n) is 17.5. The van der Waals surface area contributed by atoms with Gasteiger partial charge in [-0.2, -0.15) is 0 Å². The van der Waals surface area contributed by atoms with Crippen LogP contribution in [0.15, 0.2) is 60.7 Å². The first-order valence-corrected chi connectivity index (χ1v) is 9.58. The highest BCUT2D eigenvalue weighted by atomic mass is 16.6. The molecule has 0 aromatic heterocycles. The van der Waals surface area contributed by atoms with Gasteiger partial charge in [0, 0.05) is 0 Å². The Labute approximate surface area is 175 Å². The van der Waals surface area contributed by atoms with Gasteiger partial charge in [0.05, 0.1) is 18.4 Å². The van der Waals surface area contributed by atoms with Gasteiger partial charge in [0.15, 0.2) is 0 Å². The normalized spacial score (nSPS) is 11.1. The molecule has 0 radical (unpaired) electrons. The number of hydrogen-bond acceptors (Lipinski definition) is 5. The summed E-state index contributed by atoms with van der Waals surface area (Å²) < 4.78 is 16.1. The maximum Gasteiger partial charge on any atom is 0.412 e. The van der Waals surface area contributed by atoms with Gasteiger partial charge >= 0.3 is 12.1 Å². The molecule has 3 aromatic rings. The lowest BCUT2D eigenvalue weighted by atomic mass is 10.1. The molecule has 3 rings (SSSR count). The topological polar surface area (TPSA) is 73.9 Å². The van der Waals surface area contributed by atoms with E-state index in [1.807, 2.05) is 42.5 Å². The molecule has 30 heavy (non-hydrogen) atoms. The average molecular weight is 407 g/mol. The molecule has 0 unspecified atom stereocenters. The van der Waals surface area contributed by atoms with Crippen molar-refractivity contribution in [2.24, 2.45) is 0 Å². The SMILES string of the molecule is COC(=O)c1ccc(NC(=O)OC(C)(C)C)c(OCc2ccc3ccccc3c2)c1. The van der Waals surface area contributed by atoms with Crippen LogP contribution in [0.3, 0.4) is 0 Å². The predicted octanol–water partition coefficient (Wildman–Crippen LogP) is 5.55. The molecule has 0 heterocycles. The summed E-state index contributed by atoms with van der Waals surface area (Å²) in [6.45, 7) is 5.61. The van der Waals surface area contributed by atoms with Crippen molar-refractivity contribution in [2.75, 3.05) is 12.4 Å². The lowest BCUT2D eigenvalue weighted by molar-refractivity contribution is 0.0598. The zero-order valence-corrected chi connectivity index (χ0v) is 17.5. The number of benzene rings is 3. The van der Waals surface area contributed by atoms with Crippen LogP contribution >= 0.6 is 0 Å². The van der Waals surface area contributed by atoms with Crippen molar-refractivity contribution < 1.29 is 23.8 Å². The summed E-state index contributed by atoms with van der Waals surface area (Å²) in [5, 5.41) is 4.92. The van der Waals surface area contributed by atoms with Gasteiger partial charge in [-0.25, -0.2) is 9.59 Å². The molecule has 0 fully saturated rings. The molecule has 0 aliphatic carbocycles. The minimum atomic E-state index is -0.637. The minimum Gasteiger partial charge on any atom is -0.487 e. The van der Waals surface area contributed by atoms with Crippen LogP contribution in [0.1, 0.15) is 36.7 Å². The number of carbonyl (C=O) groups is 2. The first-order valence-electron chi connectivity index (χ1n) is 9.58. The number of amides is 1. The van der Waals surface area contributed by atoms with Crippen LogP contribution in [0.4, 0.5) is 10.5 Å². The third-order valence-corrected chi connectivity index (χ3v) is 4.25. The molecule has 0 saturated heterocycles. The second-order valence-electron chi connectivity index (χ2n) is 7.80. The van der Waals surface area contributed by atoms with Crippen molar-refractivity contribution in [3.63, 3.8) is 0 Å². The first-order chi connectivity index (χ1) is 14.2. The summed E-state index contributed by atoms with van der Waals surface area (Å²) >= 11 is 0. The van der Waals surface area contributed by atoms with Gasteiger partial charge in [0.2, 0.25) is 0 Å². The Kier molecular flexibility index (Phi) is 6.26. The van der Waals surface area contributed by atoms with E-state index in [0.717, 1.165) is 16.3 Å². The number of hydrogen-bond donors (Lipinski definition) is 1. The Morgan fingerprint density at radius 2 is 1.67 bits per heavy atom. The molecule has 0 aliphatic heterocycles. The molecule has 0 saturated carbocycles. The van der Waals surface area contributed by atoms with E-state index in [-0.39, 0.29) is 6.61 Å². The maximum absolute atomic E-state index is 12.2. The third kappa shape index (κ3) is 5.50. The smallest absolute Gasteiger partial charge is 0.412 e. The van der Waals surface area contributed by atoms with E-state index >= 15 is 0 Å². The van der Waals surface area contributed by atoms with Crippen molar-refractivity contribution >= 4 is 28.5 Å². The molecule has 0 bridgehead atoms. The monoisotopic (exact) mass is 407 g/mol. The fourth-order valence-electron chi connectivity index (χ4n) is 2.89. The number of methoxy groups -OCH3 is 1. The van der Waals surface area contributed by atoms with Gasteiger partial charge in [-0.05, 0) is 61.4 Å². The quantitative estimate of drug-likeness (QED) is 0.561. The van der Waals surface area contributed by atoms with E-state index in [9.17, 15) is 9.59 Å². The van der Waals surface area contributed by atoms with Crippen molar-refractivity contribution in [3.05, 3.63) is 71.8 Å². The lowest BCUT2D eigenvalue weighted by Gasteiger charge is -2.20. The van der Waals surface area contributed by atoms with E-state index in [1.165, 1.54) is 7.11 Å². The molecule has 0 spiro atoms. The number of anilines is 1. The zero-order chi connectivity index (χ0) is 21.7. The van der Waals surface area contributed by atoms with Gasteiger partial charge < -0.3 is 14.2 Å². The Morgan fingerprint density at radius 3 is 2.37 bits per heavy atom. The van der Waals surface area contributed by atoms with Crippen molar-refractivity contribution in [2.45, 2.75) is 33.0 Å². The highest BCUT2D eigenvalue weighted by Gasteiger charge is 2.19. The standard InChI is InChI=1S/C24H25NO5/c1-24(2,3)30-23(27)25-20-12-11-19(22(26)28-4)14-21(20)29-15-16-9-10-17-7-5-6-8-18(17)13-16/h5-14H,15H2,1-4H3,(H,25,27). The van der Waals surface area contributed by atoms with Crippen molar-refractivity contribution in [3.8, 4) is 5.75 Å². The van der Waals surface area contributed by atoms with Crippen molar-refractivity contribution in [1.82, 2.24) is 0 Å². The minimum absolute atomic E-state index is 0.262. The Bertz CT molecular complexity index is 1070. The molecule has 3 aromatic carbocycles. The number of rotatable bonds is 5. The molecule has 0 aliphatic rings. The van der Waals surface area contributed by atoms with Gasteiger partial charge in [0.25, 0.3) is 0 Å². The van der Waals surface area contributed by atoms with Gasteiger partial charge in [0.1, 0.15) is 18.0 Å². The van der Waals surface area contributed by atoms with E-state index in [1.54, 1.807) is 39.0 Å². The Hall–Kier alpha value is -3.54.